The highest BCUT2D eigenvalue weighted by atomic mass is 32.1. The molecule has 1 N–H and O–H groups in total. The Labute approximate surface area is 132 Å². The van der Waals surface area contributed by atoms with E-state index in [1.165, 1.54) is 24.2 Å². The van der Waals surface area contributed by atoms with Gasteiger partial charge in [-0.1, -0.05) is 11.3 Å². The van der Waals surface area contributed by atoms with Crippen molar-refractivity contribution in [2.45, 2.75) is 31.8 Å². The van der Waals surface area contributed by atoms with Crippen molar-refractivity contribution in [1.82, 2.24) is 10.2 Å². The van der Waals surface area contributed by atoms with E-state index < -0.39 is 6.10 Å². The lowest BCUT2D eigenvalue weighted by Gasteiger charge is -2.13. The molecule has 0 radical (unpaired) electrons. The van der Waals surface area contributed by atoms with E-state index in [0.29, 0.717) is 16.8 Å². The molecule has 0 saturated heterocycles. The minimum absolute atomic E-state index is 0.241. The molecule has 22 heavy (non-hydrogen) atoms. The molecule has 0 spiro atoms. The number of methoxy groups -OCH3 is 1. The maximum Gasteiger partial charge on any atom is 0.266 e. The second-order valence-corrected chi connectivity index (χ2v) is 6.15. The summed E-state index contributed by atoms with van der Waals surface area (Å²) < 4.78 is 10.7. The van der Waals surface area contributed by atoms with Crippen LogP contribution >= 0.6 is 11.3 Å². The summed E-state index contributed by atoms with van der Waals surface area (Å²) in [6, 6.07) is 7.09. The first-order valence-corrected chi connectivity index (χ1v) is 7.92. The van der Waals surface area contributed by atoms with Gasteiger partial charge < -0.3 is 9.47 Å². The Bertz CT molecular complexity index is 652. The third-order valence-electron chi connectivity index (χ3n) is 3.34. The zero-order chi connectivity index (χ0) is 15.5. The average Bonchev–Trinajstić information content (AvgIpc) is 3.28. The predicted molar refractivity (Wildman–Crippen MR) is 83.6 cm³/mol. The monoisotopic (exact) mass is 319 g/mol. The van der Waals surface area contributed by atoms with E-state index >= 15 is 0 Å². The summed E-state index contributed by atoms with van der Waals surface area (Å²) in [5.41, 5.74) is 0. The zero-order valence-corrected chi connectivity index (χ0v) is 13.2. The third-order valence-corrected chi connectivity index (χ3v) is 4.34. The SMILES string of the molecule is COc1ccc(OC(C)C(=O)Nc2nnc(C3CC3)s2)cc1. The van der Waals surface area contributed by atoms with Crippen LogP contribution in [0.3, 0.4) is 0 Å². The Kier molecular flexibility index (Phi) is 4.24. The molecule has 0 bridgehead atoms. The molecule has 1 aromatic carbocycles. The normalized spacial score (nSPS) is 15.2. The van der Waals surface area contributed by atoms with Gasteiger partial charge in [-0.3, -0.25) is 10.1 Å². The van der Waals surface area contributed by atoms with Crippen LogP contribution in [0.4, 0.5) is 5.13 Å². The highest BCUT2D eigenvalue weighted by Gasteiger charge is 2.28. The molecule has 6 nitrogen and oxygen atoms in total. The summed E-state index contributed by atoms with van der Waals surface area (Å²) in [5.74, 6) is 1.65. The van der Waals surface area contributed by atoms with Crippen molar-refractivity contribution in [3.05, 3.63) is 29.3 Å². The molecule has 1 atom stereocenters. The first kappa shape index (κ1) is 14.8. The Morgan fingerprint density at radius 2 is 1.95 bits per heavy atom. The van der Waals surface area contributed by atoms with Gasteiger partial charge in [0, 0.05) is 5.92 Å². The smallest absolute Gasteiger partial charge is 0.266 e. The Morgan fingerprint density at radius 1 is 1.27 bits per heavy atom. The molecule has 1 aliphatic rings. The molecular weight excluding hydrogens is 302 g/mol. The van der Waals surface area contributed by atoms with Gasteiger partial charge in [0.25, 0.3) is 5.91 Å². The molecule has 3 rings (SSSR count). The van der Waals surface area contributed by atoms with E-state index in [1.807, 2.05) is 0 Å². The molecule has 2 aromatic rings. The Hall–Kier alpha value is -2.15. The van der Waals surface area contributed by atoms with Crippen molar-refractivity contribution in [2.24, 2.45) is 0 Å². The molecule has 1 fully saturated rings. The summed E-state index contributed by atoms with van der Waals surface area (Å²) in [5, 5.41) is 12.4. The fourth-order valence-electron chi connectivity index (χ4n) is 1.90. The van der Waals surface area contributed by atoms with E-state index in [4.69, 9.17) is 9.47 Å². The molecule has 1 aliphatic carbocycles. The molecule has 1 unspecified atom stereocenters. The van der Waals surface area contributed by atoms with Crippen LogP contribution in [0.1, 0.15) is 30.7 Å². The lowest BCUT2D eigenvalue weighted by Crippen LogP contribution is -2.30. The van der Waals surface area contributed by atoms with Crippen LogP contribution in [0.25, 0.3) is 0 Å². The van der Waals surface area contributed by atoms with Gasteiger partial charge in [0.2, 0.25) is 5.13 Å². The number of hydrogen-bond acceptors (Lipinski definition) is 6. The third kappa shape index (κ3) is 3.54. The highest BCUT2D eigenvalue weighted by Crippen LogP contribution is 2.42. The second-order valence-electron chi connectivity index (χ2n) is 5.14. The molecule has 1 amide bonds. The average molecular weight is 319 g/mol. The molecule has 1 saturated carbocycles. The van der Waals surface area contributed by atoms with Crippen molar-refractivity contribution in [2.75, 3.05) is 12.4 Å². The summed E-state index contributed by atoms with van der Waals surface area (Å²) in [7, 11) is 1.60. The van der Waals surface area contributed by atoms with Crippen LogP contribution < -0.4 is 14.8 Å². The van der Waals surface area contributed by atoms with Gasteiger partial charge in [-0.2, -0.15) is 0 Å². The highest BCUT2D eigenvalue weighted by molar-refractivity contribution is 7.15. The van der Waals surface area contributed by atoms with Crippen LogP contribution in [0.2, 0.25) is 0 Å². The maximum absolute atomic E-state index is 12.1. The number of nitrogens with one attached hydrogen (secondary N) is 1. The van der Waals surface area contributed by atoms with Gasteiger partial charge in [-0.05, 0) is 44.0 Å². The number of anilines is 1. The maximum atomic E-state index is 12.1. The van der Waals surface area contributed by atoms with Crippen LogP contribution in [0.15, 0.2) is 24.3 Å². The first-order chi connectivity index (χ1) is 10.7. The standard InChI is InChI=1S/C15H17N3O3S/c1-9(21-12-7-5-11(20-2)6-8-12)13(19)16-15-18-17-14(22-15)10-3-4-10/h5-10H,3-4H2,1-2H3,(H,16,18,19). The topological polar surface area (TPSA) is 73.3 Å². The molecule has 116 valence electrons. The van der Waals surface area contributed by atoms with E-state index in [9.17, 15) is 4.79 Å². The Morgan fingerprint density at radius 3 is 2.59 bits per heavy atom. The number of aromatic nitrogens is 2. The fourth-order valence-corrected chi connectivity index (χ4v) is 2.81. The van der Waals surface area contributed by atoms with Gasteiger partial charge in [0.1, 0.15) is 16.5 Å². The van der Waals surface area contributed by atoms with E-state index in [0.717, 1.165) is 10.8 Å². The van der Waals surface area contributed by atoms with Gasteiger partial charge in [0.15, 0.2) is 6.10 Å². The largest absolute Gasteiger partial charge is 0.497 e. The molecule has 7 heteroatoms. The fraction of sp³-hybridized carbons (Fsp3) is 0.400. The minimum Gasteiger partial charge on any atom is -0.497 e. The lowest BCUT2D eigenvalue weighted by molar-refractivity contribution is -0.122. The number of benzene rings is 1. The number of ether oxygens (including phenoxy) is 2. The van der Waals surface area contributed by atoms with E-state index in [2.05, 4.69) is 15.5 Å². The lowest BCUT2D eigenvalue weighted by atomic mass is 10.3. The zero-order valence-electron chi connectivity index (χ0n) is 12.4. The summed E-state index contributed by atoms with van der Waals surface area (Å²) in [4.78, 5) is 12.1. The van der Waals surface area contributed by atoms with E-state index in [1.54, 1.807) is 38.3 Å². The van der Waals surface area contributed by atoms with Gasteiger partial charge >= 0.3 is 0 Å². The number of rotatable bonds is 6. The van der Waals surface area contributed by atoms with Gasteiger partial charge in [0.05, 0.1) is 7.11 Å². The van der Waals surface area contributed by atoms with Crippen LogP contribution in [-0.2, 0) is 4.79 Å². The van der Waals surface area contributed by atoms with E-state index in [-0.39, 0.29) is 5.91 Å². The molecule has 0 aliphatic heterocycles. The number of carbonyl (C=O) groups is 1. The van der Waals surface area contributed by atoms with Crippen molar-refractivity contribution in [3.8, 4) is 11.5 Å². The number of nitrogens with zero attached hydrogens (tertiary/aromatic N) is 2. The number of carbonyl (C=O) groups excluding carboxylic acids is 1. The van der Waals surface area contributed by atoms with Gasteiger partial charge in [-0.25, -0.2) is 0 Å². The summed E-state index contributed by atoms with van der Waals surface area (Å²) in [6.07, 6.45) is 1.71. The van der Waals surface area contributed by atoms with Crippen molar-refractivity contribution < 1.29 is 14.3 Å². The van der Waals surface area contributed by atoms with Crippen LogP contribution in [0.5, 0.6) is 11.5 Å². The molecule has 1 heterocycles. The minimum atomic E-state index is -0.623. The molecular formula is C15H17N3O3S. The van der Waals surface area contributed by atoms with Crippen molar-refractivity contribution >= 4 is 22.4 Å². The quantitative estimate of drug-likeness (QED) is 0.886. The second kappa shape index (κ2) is 6.31. The van der Waals surface area contributed by atoms with Crippen LogP contribution in [0, 0.1) is 0 Å². The summed E-state index contributed by atoms with van der Waals surface area (Å²) >= 11 is 1.43. The molecule has 1 aromatic heterocycles. The van der Waals surface area contributed by atoms with Crippen molar-refractivity contribution in [1.29, 1.82) is 0 Å². The Balaban J connectivity index is 1.55. The van der Waals surface area contributed by atoms with Crippen molar-refractivity contribution in [3.63, 3.8) is 0 Å². The number of amides is 1. The van der Waals surface area contributed by atoms with Gasteiger partial charge in [-0.15, -0.1) is 10.2 Å². The number of hydrogen-bond donors (Lipinski definition) is 1. The van der Waals surface area contributed by atoms with Crippen LogP contribution in [-0.4, -0.2) is 29.3 Å². The first-order valence-electron chi connectivity index (χ1n) is 7.10. The summed E-state index contributed by atoms with van der Waals surface area (Å²) in [6.45, 7) is 1.70. The predicted octanol–water partition coefficient (Wildman–Crippen LogP) is 2.83.